The van der Waals surface area contributed by atoms with Gasteiger partial charge in [0.15, 0.2) is 0 Å². The first-order valence-electron chi connectivity index (χ1n) is 6.37. The van der Waals surface area contributed by atoms with Crippen LogP contribution in [0, 0.1) is 0 Å². The Bertz CT molecular complexity index is 647. The Kier molecular flexibility index (Phi) is 5.30. The second-order valence-corrected chi connectivity index (χ2v) is 5.26. The predicted molar refractivity (Wildman–Crippen MR) is 86.6 cm³/mol. The van der Waals surface area contributed by atoms with Crippen LogP contribution in [-0.2, 0) is 11.3 Å². The van der Waals surface area contributed by atoms with Gasteiger partial charge in [-0.3, -0.25) is 4.79 Å². The van der Waals surface area contributed by atoms with Crippen LogP contribution in [0.3, 0.4) is 0 Å². The zero-order valence-electron chi connectivity index (χ0n) is 11.8. The number of benzene rings is 1. The van der Waals surface area contributed by atoms with Gasteiger partial charge in [-0.2, -0.15) is 0 Å². The average molecular weight is 350 g/mol. The second-order valence-electron chi connectivity index (χ2n) is 4.34. The van der Waals surface area contributed by atoms with Gasteiger partial charge in [-0.25, -0.2) is 4.98 Å². The first kappa shape index (κ1) is 15.5. The Morgan fingerprint density at radius 2 is 2.14 bits per heavy atom. The summed E-state index contributed by atoms with van der Waals surface area (Å²) in [7, 11) is 3.35. The standard InChI is InChI=1S/C15H16BrN3O2/c1-17-14-12(7-11(16)8-18-14)15(20)19-13-6-4-3-5-10(13)9-21-2/h3-8H,9H2,1-2H3,(H,17,18)(H,19,20). The van der Waals surface area contributed by atoms with Crippen molar-refractivity contribution in [2.24, 2.45) is 0 Å². The Morgan fingerprint density at radius 1 is 1.38 bits per heavy atom. The summed E-state index contributed by atoms with van der Waals surface area (Å²) in [4.78, 5) is 16.6. The van der Waals surface area contributed by atoms with Gasteiger partial charge in [0.25, 0.3) is 5.91 Å². The fourth-order valence-corrected chi connectivity index (χ4v) is 2.26. The van der Waals surface area contributed by atoms with Crippen molar-refractivity contribution in [3.05, 3.63) is 52.1 Å². The van der Waals surface area contributed by atoms with Crippen LogP contribution in [0.15, 0.2) is 41.0 Å². The third-order valence-corrected chi connectivity index (χ3v) is 3.33. The van der Waals surface area contributed by atoms with Gasteiger partial charge in [0.2, 0.25) is 0 Å². The summed E-state index contributed by atoms with van der Waals surface area (Å²) in [6.07, 6.45) is 1.64. The molecule has 0 saturated carbocycles. The van der Waals surface area contributed by atoms with Crippen LogP contribution in [-0.4, -0.2) is 25.0 Å². The molecular weight excluding hydrogens is 334 g/mol. The smallest absolute Gasteiger partial charge is 0.259 e. The Hall–Kier alpha value is -1.92. The average Bonchev–Trinajstić information content (AvgIpc) is 2.49. The highest BCUT2D eigenvalue weighted by molar-refractivity contribution is 9.10. The molecule has 1 aromatic carbocycles. The van der Waals surface area contributed by atoms with Crippen molar-refractivity contribution >= 4 is 33.3 Å². The van der Waals surface area contributed by atoms with Crippen LogP contribution in [0.25, 0.3) is 0 Å². The molecule has 0 fully saturated rings. The molecule has 0 spiro atoms. The maximum atomic E-state index is 12.4. The Morgan fingerprint density at radius 3 is 2.86 bits per heavy atom. The number of ether oxygens (including phenoxy) is 1. The van der Waals surface area contributed by atoms with Gasteiger partial charge in [-0.05, 0) is 28.1 Å². The number of carbonyl (C=O) groups excluding carboxylic acids is 1. The number of rotatable bonds is 5. The number of methoxy groups -OCH3 is 1. The summed E-state index contributed by atoms with van der Waals surface area (Å²) < 4.78 is 5.88. The Balaban J connectivity index is 2.28. The van der Waals surface area contributed by atoms with E-state index >= 15 is 0 Å². The summed E-state index contributed by atoms with van der Waals surface area (Å²) in [5.74, 6) is 0.302. The van der Waals surface area contributed by atoms with Crippen molar-refractivity contribution in [2.45, 2.75) is 6.61 Å². The molecule has 0 radical (unpaired) electrons. The number of para-hydroxylation sites is 1. The van der Waals surface area contributed by atoms with Crippen molar-refractivity contribution in [1.29, 1.82) is 0 Å². The van der Waals surface area contributed by atoms with E-state index in [2.05, 4.69) is 31.5 Å². The van der Waals surface area contributed by atoms with E-state index in [1.54, 1.807) is 26.4 Å². The monoisotopic (exact) mass is 349 g/mol. The normalized spacial score (nSPS) is 10.2. The van der Waals surface area contributed by atoms with E-state index in [1.807, 2.05) is 24.3 Å². The van der Waals surface area contributed by atoms with Gasteiger partial charge in [0.1, 0.15) is 5.82 Å². The third-order valence-electron chi connectivity index (χ3n) is 2.90. The number of amides is 1. The number of halogens is 1. The maximum absolute atomic E-state index is 12.4. The van der Waals surface area contributed by atoms with E-state index in [1.165, 1.54) is 0 Å². The van der Waals surface area contributed by atoms with Crippen LogP contribution in [0.5, 0.6) is 0 Å². The van der Waals surface area contributed by atoms with Crippen molar-refractivity contribution in [3.8, 4) is 0 Å². The highest BCUT2D eigenvalue weighted by Gasteiger charge is 2.14. The number of hydrogen-bond acceptors (Lipinski definition) is 4. The second kappa shape index (κ2) is 7.19. The summed E-state index contributed by atoms with van der Waals surface area (Å²) in [5.41, 5.74) is 2.12. The van der Waals surface area contributed by atoms with Crippen molar-refractivity contribution < 1.29 is 9.53 Å². The molecule has 2 N–H and O–H groups in total. The SMILES string of the molecule is CNc1ncc(Br)cc1C(=O)Nc1ccccc1COC. The zero-order valence-corrected chi connectivity index (χ0v) is 13.4. The van der Waals surface area contributed by atoms with Gasteiger partial charge >= 0.3 is 0 Å². The van der Waals surface area contributed by atoms with Gasteiger partial charge in [0.05, 0.1) is 12.2 Å². The van der Waals surface area contributed by atoms with Gasteiger partial charge in [-0.1, -0.05) is 18.2 Å². The molecule has 0 aliphatic heterocycles. The minimum Gasteiger partial charge on any atom is -0.380 e. The van der Waals surface area contributed by atoms with Crippen molar-refractivity contribution in [1.82, 2.24) is 4.98 Å². The summed E-state index contributed by atoms with van der Waals surface area (Å²) in [6, 6.07) is 9.26. The Labute approximate surface area is 131 Å². The molecule has 110 valence electrons. The third kappa shape index (κ3) is 3.80. The fraction of sp³-hybridized carbons (Fsp3) is 0.200. The van der Waals surface area contributed by atoms with Gasteiger partial charge in [-0.15, -0.1) is 0 Å². The van der Waals surface area contributed by atoms with Crippen LogP contribution in [0.2, 0.25) is 0 Å². The fourth-order valence-electron chi connectivity index (χ4n) is 1.92. The molecule has 6 heteroatoms. The van der Waals surface area contributed by atoms with Gasteiger partial charge in [0, 0.05) is 36.1 Å². The first-order valence-corrected chi connectivity index (χ1v) is 7.16. The zero-order chi connectivity index (χ0) is 15.2. The molecule has 1 aromatic heterocycles. The van der Waals surface area contributed by atoms with E-state index in [9.17, 15) is 4.79 Å². The topological polar surface area (TPSA) is 63.2 Å². The molecular formula is C15H16BrN3O2. The summed E-state index contributed by atoms with van der Waals surface area (Å²) in [5, 5.41) is 5.81. The van der Waals surface area contributed by atoms with Crippen molar-refractivity contribution in [2.75, 3.05) is 24.8 Å². The minimum absolute atomic E-state index is 0.225. The number of carbonyl (C=O) groups is 1. The largest absolute Gasteiger partial charge is 0.380 e. The highest BCUT2D eigenvalue weighted by Crippen LogP contribution is 2.21. The number of aromatic nitrogens is 1. The molecule has 0 aliphatic carbocycles. The number of hydrogen-bond donors (Lipinski definition) is 2. The molecule has 2 rings (SSSR count). The lowest BCUT2D eigenvalue weighted by molar-refractivity contribution is 0.102. The number of anilines is 2. The van der Waals surface area contributed by atoms with Crippen molar-refractivity contribution in [3.63, 3.8) is 0 Å². The molecule has 5 nitrogen and oxygen atoms in total. The summed E-state index contributed by atoms with van der Waals surface area (Å²) in [6.45, 7) is 0.437. The van der Waals surface area contributed by atoms with E-state index in [0.717, 1.165) is 15.7 Å². The number of pyridine rings is 1. The molecule has 0 aliphatic rings. The molecule has 0 unspecified atom stereocenters. The lowest BCUT2D eigenvalue weighted by atomic mass is 10.1. The van der Waals surface area contributed by atoms with E-state index in [4.69, 9.17) is 4.74 Å². The lowest BCUT2D eigenvalue weighted by Gasteiger charge is -2.12. The predicted octanol–water partition coefficient (Wildman–Crippen LogP) is 3.28. The van der Waals surface area contributed by atoms with Gasteiger partial charge < -0.3 is 15.4 Å². The van der Waals surface area contributed by atoms with E-state index < -0.39 is 0 Å². The number of nitrogens with one attached hydrogen (secondary N) is 2. The summed E-state index contributed by atoms with van der Waals surface area (Å²) >= 11 is 3.33. The van der Waals surface area contributed by atoms with E-state index in [-0.39, 0.29) is 5.91 Å². The minimum atomic E-state index is -0.225. The molecule has 0 saturated heterocycles. The van der Waals surface area contributed by atoms with Crippen LogP contribution < -0.4 is 10.6 Å². The van der Waals surface area contributed by atoms with Crippen LogP contribution in [0.4, 0.5) is 11.5 Å². The molecule has 21 heavy (non-hydrogen) atoms. The van der Waals surface area contributed by atoms with Crippen LogP contribution >= 0.6 is 15.9 Å². The highest BCUT2D eigenvalue weighted by atomic mass is 79.9. The molecule has 2 aromatic rings. The number of nitrogens with zero attached hydrogens (tertiary/aromatic N) is 1. The van der Waals surface area contributed by atoms with E-state index in [0.29, 0.717) is 18.0 Å². The maximum Gasteiger partial charge on any atom is 0.259 e. The van der Waals surface area contributed by atoms with Crippen LogP contribution in [0.1, 0.15) is 15.9 Å². The molecule has 1 amide bonds. The quantitative estimate of drug-likeness (QED) is 0.869. The molecule has 0 atom stereocenters. The lowest BCUT2D eigenvalue weighted by Crippen LogP contribution is -2.16. The molecule has 1 heterocycles. The molecule has 0 bridgehead atoms. The first-order chi connectivity index (χ1) is 10.2.